The molecule has 0 aromatic heterocycles. The van der Waals surface area contributed by atoms with E-state index in [9.17, 15) is 9.18 Å². The Labute approximate surface area is 109 Å². The van der Waals surface area contributed by atoms with Gasteiger partial charge in [-0.1, -0.05) is 30.7 Å². The number of hydrogen-bond donors (Lipinski definition) is 2. The Hall–Kier alpha value is -1.20. The van der Waals surface area contributed by atoms with Crippen LogP contribution < -0.4 is 11.1 Å². The summed E-state index contributed by atoms with van der Waals surface area (Å²) >= 11 is 10.4. The van der Waals surface area contributed by atoms with Crippen molar-refractivity contribution in [3.05, 3.63) is 29.0 Å². The summed E-state index contributed by atoms with van der Waals surface area (Å²) < 4.78 is 13.4. The van der Waals surface area contributed by atoms with Crippen molar-refractivity contribution in [1.29, 1.82) is 0 Å². The van der Waals surface area contributed by atoms with Gasteiger partial charge in [0.1, 0.15) is 5.82 Å². The maximum atomic E-state index is 13.4. The molecule has 3 N–H and O–H groups in total. The molecule has 1 amide bonds. The second-order valence-corrected chi connectivity index (χ2v) is 4.38. The van der Waals surface area contributed by atoms with Gasteiger partial charge in [-0.05, 0) is 24.6 Å². The number of nitrogens with one attached hydrogen (secondary N) is 1. The van der Waals surface area contributed by atoms with Gasteiger partial charge in [-0.15, -0.1) is 0 Å². The standard InChI is InChI=1S/C11H12ClFN2OS/c1-2-7(10(14)17)11(16)15-9-4-3-6(12)5-8(9)13/h3-5,7H,2H2,1H3,(H2,14,17)(H,15,16). The quantitative estimate of drug-likeness (QED) is 0.830. The predicted molar refractivity (Wildman–Crippen MR) is 70.6 cm³/mol. The van der Waals surface area contributed by atoms with Crippen molar-refractivity contribution >= 4 is 40.4 Å². The molecular weight excluding hydrogens is 263 g/mol. The molecule has 1 rings (SSSR count). The van der Waals surface area contributed by atoms with Crippen LogP contribution in [0.3, 0.4) is 0 Å². The minimum absolute atomic E-state index is 0.0640. The molecule has 0 aliphatic heterocycles. The highest BCUT2D eigenvalue weighted by Crippen LogP contribution is 2.19. The Kier molecular flexibility index (Phi) is 4.84. The van der Waals surface area contributed by atoms with E-state index in [1.165, 1.54) is 12.1 Å². The van der Waals surface area contributed by atoms with Crippen LogP contribution in [0.1, 0.15) is 13.3 Å². The molecule has 0 saturated carbocycles. The highest BCUT2D eigenvalue weighted by atomic mass is 35.5. The summed E-state index contributed by atoms with van der Waals surface area (Å²) in [6, 6.07) is 4.00. The Morgan fingerprint density at radius 2 is 2.29 bits per heavy atom. The second kappa shape index (κ2) is 5.93. The number of rotatable bonds is 4. The number of halogens is 2. The van der Waals surface area contributed by atoms with E-state index in [1.54, 1.807) is 6.92 Å². The fourth-order valence-corrected chi connectivity index (χ4v) is 1.76. The van der Waals surface area contributed by atoms with Crippen LogP contribution >= 0.6 is 23.8 Å². The number of carbonyl (C=O) groups is 1. The molecule has 0 saturated heterocycles. The third-order valence-electron chi connectivity index (χ3n) is 2.26. The molecule has 0 heterocycles. The largest absolute Gasteiger partial charge is 0.393 e. The van der Waals surface area contributed by atoms with Crippen LogP contribution in [-0.2, 0) is 4.79 Å². The van der Waals surface area contributed by atoms with E-state index in [4.69, 9.17) is 29.6 Å². The van der Waals surface area contributed by atoms with Crippen LogP contribution in [0.4, 0.5) is 10.1 Å². The first-order valence-electron chi connectivity index (χ1n) is 5.01. The lowest BCUT2D eigenvalue weighted by Crippen LogP contribution is -2.32. The Morgan fingerprint density at radius 3 is 2.76 bits per heavy atom. The molecule has 92 valence electrons. The van der Waals surface area contributed by atoms with Crippen LogP contribution in [0.15, 0.2) is 18.2 Å². The van der Waals surface area contributed by atoms with Gasteiger partial charge in [-0.3, -0.25) is 4.79 Å². The molecule has 0 bridgehead atoms. The minimum atomic E-state index is -0.597. The molecule has 1 aromatic carbocycles. The van der Waals surface area contributed by atoms with Gasteiger partial charge in [0.2, 0.25) is 5.91 Å². The lowest BCUT2D eigenvalue weighted by atomic mass is 10.1. The van der Waals surface area contributed by atoms with Crippen LogP contribution in [-0.4, -0.2) is 10.9 Å². The highest BCUT2D eigenvalue weighted by molar-refractivity contribution is 7.80. The molecule has 1 aromatic rings. The van der Waals surface area contributed by atoms with Crippen molar-refractivity contribution in [2.75, 3.05) is 5.32 Å². The van der Waals surface area contributed by atoms with Gasteiger partial charge >= 0.3 is 0 Å². The number of hydrogen-bond acceptors (Lipinski definition) is 2. The van der Waals surface area contributed by atoms with Gasteiger partial charge in [0, 0.05) is 5.02 Å². The molecule has 0 radical (unpaired) electrons. The summed E-state index contributed by atoms with van der Waals surface area (Å²) in [4.78, 5) is 11.8. The Balaban J connectivity index is 2.84. The minimum Gasteiger partial charge on any atom is -0.393 e. The zero-order chi connectivity index (χ0) is 13.0. The SMILES string of the molecule is CCC(C(=O)Nc1ccc(Cl)cc1F)C(N)=S. The normalized spacial score (nSPS) is 11.9. The molecule has 17 heavy (non-hydrogen) atoms. The lowest BCUT2D eigenvalue weighted by molar-refractivity contribution is -0.118. The first kappa shape index (κ1) is 13.9. The molecule has 6 heteroatoms. The monoisotopic (exact) mass is 274 g/mol. The van der Waals surface area contributed by atoms with E-state index in [0.717, 1.165) is 6.07 Å². The third-order valence-corrected chi connectivity index (χ3v) is 2.78. The first-order valence-corrected chi connectivity index (χ1v) is 5.79. The van der Waals surface area contributed by atoms with Crippen LogP contribution in [0, 0.1) is 11.7 Å². The van der Waals surface area contributed by atoms with E-state index in [2.05, 4.69) is 5.32 Å². The third kappa shape index (κ3) is 3.64. The van der Waals surface area contributed by atoms with Gasteiger partial charge < -0.3 is 11.1 Å². The molecule has 0 aliphatic rings. The van der Waals surface area contributed by atoms with Gasteiger partial charge in [0.25, 0.3) is 0 Å². The second-order valence-electron chi connectivity index (χ2n) is 3.48. The molecule has 3 nitrogen and oxygen atoms in total. The van der Waals surface area contributed by atoms with Crippen molar-refractivity contribution in [2.24, 2.45) is 11.7 Å². The Morgan fingerprint density at radius 1 is 1.65 bits per heavy atom. The van der Waals surface area contributed by atoms with Crippen LogP contribution in [0.5, 0.6) is 0 Å². The van der Waals surface area contributed by atoms with E-state index >= 15 is 0 Å². The topological polar surface area (TPSA) is 55.1 Å². The van der Waals surface area contributed by atoms with Crippen molar-refractivity contribution in [3.8, 4) is 0 Å². The number of anilines is 1. The zero-order valence-corrected chi connectivity index (χ0v) is 10.7. The average molecular weight is 275 g/mol. The van der Waals surface area contributed by atoms with E-state index in [0.29, 0.717) is 6.42 Å². The van der Waals surface area contributed by atoms with Crippen LogP contribution in [0.25, 0.3) is 0 Å². The first-order chi connectivity index (χ1) is 7.95. The fraction of sp³-hybridized carbons (Fsp3) is 0.273. The van der Waals surface area contributed by atoms with E-state index in [-0.39, 0.29) is 15.7 Å². The van der Waals surface area contributed by atoms with Crippen molar-refractivity contribution < 1.29 is 9.18 Å². The van der Waals surface area contributed by atoms with Crippen LogP contribution in [0.2, 0.25) is 5.02 Å². The van der Waals surface area contributed by atoms with Gasteiger partial charge in [0.05, 0.1) is 16.6 Å². The molecule has 0 aliphatic carbocycles. The predicted octanol–water partition coefficient (Wildman–Crippen LogP) is 2.73. The zero-order valence-electron chi connectivity index (χ0n) is 9.17. The summed E-state index contributed by atoms with van der Waals surface area (Å²) in [5.41, 5.74) is 5.48. The maximum Gasteiger partial charge on any atom is 0.234 e. The smallest absolute Gasteiger partial charge is 0.234 e. The Bertz CT molecular complexity index is 453. The number of carbonyl (C=O) groups excluding carboxylic acids is 1. The maximum absolute atomic E-state index is 13.4. The molecule has 0 spiro atoms. The van der Waals surface area contributed by atoms with Gasteiger partial charge in [0.15, 0.2) is 0 Å². The van der Waals surface area contributed by atoms with Gasteiger partial charge in [-0.2, -0.15) is 0 Å². The number of nitrogens with two attached hydrogens (primary N) is 1. The van der Waals surface area contributed by atoms with E-state index < -0.39 is 17.6 Å². The van der Waals surface area contributed by atoms with Crippen molar-refractivity contribution in [2.45, 2.75) is 13.3 Å². The summed E-state index contributed by atoms with van der Waals surface area (Å²) in [5.74, 6) is -1.61. The summed E-state index contributed by atoms with van der Waals surface area (Å²) in [6.07, 6.45) is 0.469. The number of amides is 1. The van der Waals surface area contributed by atoms with Crippen molar-refractivity contribution in [3.63, 3.8) is 0 Å². The molecule has 1 unspecified atom stereocenters. The summed E-state index contributed by atoms with van der Waals surface area (Å²) in [6.45, 7) is 1.78. The fourth-order valence-electron chi connectivity index (χ4n) is 1.33. The van der Waals surface area contributed by atoms with E-state index in [1.807, 2.05) is 0 Å². The average Bonchev–Trinajstić information content (AvgIpc) is 2.22. The molecule has 1 atom stereocenters. The molecular formula is C11H12ClFN2OS. The summed E-state index contributed by atoms with van der Waals surface area (Å²) in [5, 5.41) is 2.70. The van der Waals surface area contributed by atoms with Gasteiger partial charge in [-0.25, -0.2) is 4.39 Å². The number of benzene rings is 1. The van der Waals surface area contributed by atoms with Crippen molar-refractivity contribution in [1.82, 2.24) is 0 Å². The number of thiocarbonyl (C=S) groups is 1. The highest BCUT2D eigenvalue weighted by Gasteiger charge is 2.20. The molecule has 0 fully saturated rings. The lowest BCUT2D eigenvalue weighted by Gasteiger charge is -2.13. The summed E-state index contributed by atoms with van der Waals surface area (Å²) in [7, 11) is 0.